The highest BCUT2D eigenvalue weighted by molar-refractivity contribution is 5.80. The summed E-state index contributed by atoms with van der Waals surface area (Å²) >= 11 is 0. The molecule has 4 aromatic carbocycles. The minimum absolute atomic E-state index is 0.414. The summed E-state index contributed by atoms with van der Waals surface area (Å²) in [4.78, 5) is 20.9. The summed E-state index contributed by atoms with van der Waals surface area (Å²) in [5.74, 6) is -3.94. The van der Waals surface area contributed by atoms with E-state index in [-0.39, 0.29) is 0 Å². The Morgan fingerprint density at radius 3 is 1.20 bits per heavy atom. The smallest absolute Gasteiger partial charge is 0.127 e. The number of carboxylic acids is 2. The van der Waals surface area contributed by atoms with Crippen molar-refractivity contribution in [2.45, 2.75) is 12.3 Å². The number of carbonyl (C=O) groups is 2. The standard InChI is InChI=1S/C10H10O4.3C6H7N/c11-9(12)6-8(10(13)14)7-4-2-1-3-5-7;3*7-6-4-2-1-3-5-6/h1-5,8H,6H2,(H,11,12)(H,13,14);3*1-5H,7H2/t8-;;;/m0.../s1. The van der Waals surface area contributed by atoms with Gasteiger partial charge in [0.1, 0.15) is 11.4 Å². The average Bonchev–Trinajstić information content (AvgIpc) is 2.85. The van der Waals surface area contributed by atoms with Crippen LogP contribution in [0, 0.1) is 0 Å². The molecule has 8 N–H and O–H groups in total. The van der Waals surface area contributed by atoms with Gasteiger partial charge in [0, 0.05) is 23.5 Å². The third-order valence-electron chi connectivity index (χ3n) is 4.34. The monoisotopic (exact) mass is 473 g/mol. The maximum atomic E-state index is 10.6. The van der Waals surface area contributed by atoms with Crippen LogP contribution in [0.4, 0.5) is 17.1 Å². The summed E-state index contributed by atoms with van der Waals surface area (Å²) in [6.07, 6.45) is -0.563. The normalized spacial score (nSPS) is 10.0. The van der Waals surface area contributed by atoms with Crippen molar-refractivity contribution < 1.29 is 31.3 Å². The van der Waals surface area contributed by atoms with Crippen molar-refractivity contribution in [3.8, 4) is 0 Å². The van der Waals surface area contributed by atoms with E-state index in [1.807, 2.05) is 91.0 Å². The molecule has 0 saturated carbocycles. The van der Waals surface area contributed by atoms with Crippen LogP contribution in [0.15, 0.2) is 121 Å². The summed E-state index contributed by atoms with van der Waals surface area (Å²) in [5.41, 5.74) is 16.2. The van der Waals surface area contributed by atoms with Crippen LogP contribution >= 0.6 is 0 Å². The van der Waals surface area contributed by atoms with E-state index in [1.165, 1.54) is 0 Å². The SMILES string of the molecule is Nc1ccccc1.O=C([O-])C[C@H](C(=O)[O-])c1ccccc1.[NH3+]c1ccccc1.[NH3+]c1ccccc1. The van der Waals surface area contributed by atoms with Crippen LogP contribution in [0.5, 0.6) is 0 Å². The Morgan fingerprint density at radius 2 is 0.971 bits per heavy atom. The van der Waals surface area contributed by atoms with E-state index >= 15 is 0 Å². The molecule has 4 aromatic rings. The quantitative estimate of drug-likeness (QED) is 0.377. The van der Waals surface area contributed by atoms with E-state index in [0.717, 1.165) is 17.1 Å². The molecule has 0 heterocycles. The number of nitrogens with two attached hydrogens (primary N) is 1. The molecule has 0 saturated heterocycles. The van der Waals surface area contributed by atoms with Crippen molar-refractivity contribution in [3.05, 3.63) is 127 Å². The van der Waals surface area contributed by atoms with Crippen LogP contribution < -0.4 is 27.4 Å². The van der Waals surface area contributed by atoms with Crippen LogP contribution in [-0.2, 0) is 9.59 Å². The molecule has 0 spiro atoms. The van der Waals surface area contributed by atoms with Crippen molar-refractivity contribution in [2.24, 2.45) is 0 Å². The lowest BCUT2D eigenvalue weighted by atomic mass is 9.96. The second-order valence-corrected chi connectivity index (χ2v) is 7.24. The van der Waals surface area contributed by atoms with E-state index in [9.17, 15) is 19.8 Å². The Bertz CT molecular complexity index is 1000. The first-order valence-corrected chi connectivity index (χ1v) is 10.8. The molecule has 0 aromatic heterocycles. The lowest BCUT2D eigenvalue weighted by Crippen LogP contribution is -2.39. The zero-order chi connectivity index (χ0) is 25.9. The first-order valence-electron chi connectivity index (χ1n) is 10.8. The highest BCUT2D eigenvalue weighted by Crippen LogP contribution is 2.17. The fourth-order valence-corrected chi connectivity index (χ4v) is 2.60. The lowest BCUT2D eigenvalue weighted by molar-refractivity contribution is -0.317. The molecule has 1 atom stereocenters. The van der Waals surface area contributed by atoms with Crippen molar-refractivity contribution in [1.29, 1.82) is 0 Å². The summed E-state index contributed by atoms with van der Waals surface area (Å²) < 4.78 is 0. The van der Waals surface area contributed by atoms with Crippen molar-refractivity contribution in [3.63, 3.8) is 0 Å². The zero-order valence-electron chi connectivity index (χ0n) is 19.5. The highest BCUT2D eigenvalue weighted by Gasteiger charge is 2.12. The number of carbonyl (C=O) groups excluding carboxylic acids is 2. The average molecular weight is 474 g/mol. The second kappa shape index (κ2) is 17.1. The third-order valence-corrected chi connectivity index (χ3v) is 4.34. The van der Waals surface area contributed by atoms with E-state index in [2.05, 4.69) is 11.5 Å². The Balaban J connectivity index is 0.000000248. The maximum Gasteiger partial charge on any atom is 0.127 e. The molecule has 0 aliphatic carbocycles. The number of hydrogen-bond acceptors (Lipinski definition) is 5. The van der Waals surface area contributed by atoms with Crippen LogP contribution in [0.2, 0.25) is 0 Å². The first kappa shape index (κ1) is 28.6. The second-order valence-electron chi connectivity index (χ2n) is 7.24. The van der Waals surface area contributed by atoms with Gasteiger partial charge >= 0.3 is 0 Å². The van der Waals surface area contributed by atoms with Crippen molar-refractivity contribution in [1.82, 2.24) is 0 Å². The number of anilines is 1. The van der Waals surface area contributed by atoms with E-state index in [4.69, 9.17) is 5.73 Å². The van der Waals surface area contributed by atoms with Crippen LogP contribution in [0.25, 0.3) is 0 Å². The molecule has 0 unspecified atom stereocenters. The number of hydrogen-bond donors (Lipinski definition) is 3. The number of benzene rings is 4. The predicted octanol–water partition coefficient (Wildman–Crippen LogP) is 1.05. The van der Waals surface area contributed by atoms with Crippen molar-refractivity contribution in [2.75, 3.05) is 5.73 Å². The van der Waals surface area contributed by atoms with Gasteiger partial charge in [-0.3, -0.25) is 0 Å². The van der Waals surface area contributed by atoms with Gasteiger partial charge in [-0.1, -0.05) is 84.9 Å². The summed E-state index contributed by atoms with van der Waals surface area (Å²) in [6.45, 7) is 0. The largest absolute Gasteiger partial charge is 0.550 e. The van der Waals surface area contributed by atoms with Gasteiger partial charge < -0.3 is 37.0 Å². The molecule has 0 aliphatic rings. The number of rotatable bonds is 4. The topological polar surface area (TPSA) is 162 Å². The highest BCUT2D eigenvalue weighted by atomic mass is 16.4. The molecule has 7 heteroatoms. The number of quaternary nitrogens is 2. The first-order chi connectivity index (χ1) is 16.8. The third kappa shape index (κ3) is 14.3. The summed E-state index contributed by atoms with van der Waals surface area (Å²) in [7, 11) is 0. The molecular formula is C28H31N3O4. The van der Waals surface area contributed by atoms with E-state index < -0.39 is 24.3 Å². The number of para-hydroxylation sites is 1. The van der Waals surface area contributed by atoms with E-state index in [1.54, 1.807) is 30.3 Å². The fourth-order valence-electron chi connectivity index (χ4n) is 2.60. The Morgan fingerprint density at radius 1 is 0.629 bits per heavy atom. The van der Waals surface area contributed by atoms with Gasteiger partial charge in [-0.25, -0.2) is 0 Å². The molecule has 0 amide bonds. The zero-order valence-corrected chi connectivity index (χ0v) is 19.5. The van der Waals surface area contributed by atoms with Crippen LogP contribution in [0.3, 0.4) is 0 Å². The number of nitrogen functional groups attached to an aromatic ring is 1. The van der Waals surface area contributed by atoms with Gasteiger partial charge in [0.15, 0.2) is 0 Å². The molecule has 7 nitrogen and oxygen atoms in total. The fraction of sp³-hybridized carbons (Fsp3) is 0.0714. The molecule has 0 fully saturated rings. The van der Waals surface area contributed by atoms with Gasteiger partial charge in [0.05, 0.1) is 0 Å². The minimum Gasteiger partial charge on any atom is -0.550 e. The number of aliphatic carboxylic acids is 2. The van der Waals surface area contributed by atoms with Crippen LogP contribution in [0.1, 0.15) is 17.9 Å². The van der Waals surface area contributed by atoms with Crippen LogP contribution in [-0.4, -0.2) is 11.9 Å². The lowest BCUT2D eigenvalue weighted by Gasteiger charge is -2.18. The Labute approximate surface area is 205 Å². The molecule has 0 bridgehead atoms. The van der Waals surface area contributed by atoms with Gasteiger partial charge in [0.2, 0.25) is 0 Å². The summed E-state index contributed by atoms with van der Waals surface area (Å²) in [6, 6.07) is 37.3. The van der Waals surface area contributed by atoms with Gasteiger partial charge in [-0.15, -0.1) is 0 Å². The molecule has 4 rings (SSSR count). The van der Waals surface area contributed by atoms with Crippen molar-refractivity contribution >= 4 is 29.0 Å². The van der Waals surface area contributed by atoms with Gasteiger partial charge in [-0.05, 0) is 48.4 Å². The molecule has 182 valence electrons. The molecular weight excluding hydrogens is 442 g/mol. The number of carboxylic acid groups (broad SMARTS) is 2. The van der Waals surface area contributed by atoms with Gasteiger partial charge in [0.25, 0.3) is 0 Å². The minimum atomic E-state index is -1.40. The summed E-state index contributed by atoms with van der Waals surface area (Å²) in [5, 5.41) is 20.9. The molecule has 0 radical (unpaired) electrons. The Kier molecular flexibility index (Phi) is 13.9. The molecule has 0 aliphatic heterocycles. The predicted molar refractivity (Wildman–Crippen MR) is 133 cm³/mol. The molecule has 35 heavy (non-hydrogen) atoms. The van der Waals surface area contributed by atoms with Gasteiger partial charge in [-0.2, -0.15) is 0 Å². The van der Waals surface area contributed by atoms with E-state index in [0.29, 0.717) is 5.56 Å². The maximum absolute atomic E-state index is 10.6. The Hall–Kier alpha value is -4.46.